The standard InChI is InChI=1S/C18H25N5/c1-2-5-16(6-3-1)14-23-18(13-19-20-23)15-21-9-11-22(12-10-21)17-7-4-8-17/h1-3,5-6,13,17H,4,7-12,14-15H2. The van der Waals surface area contributed by atoms with E-state index in [9.17, 15) is 0 Å². The summed E-state index contributed by atoms with van der Waals surface area (Å²) in [5, 5.41) is 8.40. The maximum absolute atomic E-state index is 4.27. The van der Waals surface area contributed by atoms with Gasteiger partial charge in [-0.2, -0.15) is 0 Å². The summed E-state index contributed by atoms with van der Waals surface area (Å²) in [6.07, 6.45) is 6.16. The zero-order valence-electron chi connectivity index (χ0n) is 13.6. The third kappa shape index (κ3) is 3.46. The van der Waals surface area contributed by atoms with Gasteiger partial charge >= 0.3 is 0 Å². The molecule has 0 bridgehead atoms. The molecule has 23 heavy (non-hydrogen) atoms. The van der Waals surface area contributed by atoms with Gasteiger partial charge in [0, 0.05) is 38.8 Å². The molecule has 1 aliphatic carbocycles. The minimum Gasteiger partial charge on any atom is -0.298 e. The van der Waals surface area contributed by atoms with Crippen LogP contribution in [0, 0.1) is 0 Å². The molecule has 0 N–H and O–H groups in total. The van der Waals surface area contributed by atoms with Crippen LogP contribution < -0.4 is 0 Å². The van der Waals surface area contributed by atoms with Crippen molar-refractivity contribution in [2.45, 2.75) is 38.4 Å². The topological polar surface area (TPSA) is 37.2 Å². The third-order valence-electron chi connectivity index (χ3n) is 5.26. The highest BCUT2D eigenvalue weighted by molar-refractivity contribution is 5.15. The van der Waals surface area contributed by atoms with E-state index in [1.54, 1.807) is 0 Å². The average molecular weight is 311 g/mol. The molecule has 4 rings (SSSR count). The Labute approximate surface area is 137 Å². The zero-order valence-corrected chi connectivity index (χ0v) is 13.6. The summed E-state index contributed by atoms with van der Waals surface area (Å²) >= 11 is 0. The fourth-order valence-corrected chi connectivity index (χ4v) is 3.56. The molecule has 122 valence electrons. The lowest BCUT2D eigenvalue weighted by molar-refractivity contribution is 0.0577. The second-order valence-corrected chi connectivity index (χ2v) is 6.77. The molecule has 1 aromatic heterocycles. The predicted octanol–water partition coefficient (Wildman–Crippen LogP) is 2.00. The molecule has 2 aliphatic rings. The number of piperazine rings is 1. The number of benzene rings is 1. The maximum Gasteiger partial charge on any atom is 0.0738 e. The quantitative estimate of drug-likeness (QED) is 0.846. The van der Waals surface area contributed by atoms with Crippen molar-refractivity contribution in [3.05, 3.63) is 47.8 Å². The van der Waals surface area contributed by atoms with E-state index in [2.05, 4.69) is 44.4 Å². The van der Waals surface area contributed by atoms with Crippen LogP contribution in [0.25, 0.3) is 0 Å². The number of nitrogens with zero attached hydrogens (tertiary/aromatic N) is 5. The molecule has 2 aromatic rings. The third-order valence-corrected chi connectivity index (χ3v) is 5.26. The molecule has 0 spiro atoms. The summed E-state index contributed by atoms with van der Waals surface area (Å²) < 4.78 is 2.04. The van der Waals surface area contributed by atoms with Crippen LogP contribution in [0.4, 0.5) is 0 Å². The lowest BCUT2D eigenvalue weighted by atomic mass is 9.91. The molecule has 0 amide bonds. The SMILES string of the molecule is c1ccc(Cn2nncc2CN2CCN(C3CCC3)CC2)cc1. The summed E-state index contributed by atoms with van der Waals surface area (Å²) in [5.41, 5.74) is 2.49. The minimum atomic E-state index is 0.804. The maximum atomic E-state index is 4.27. The minimum absolute atomic E-state index is 0.804. The van der Waals surface area contributed by atoms with Gasteiger partial charge in [-0.3, -0.25) is 9.80 Å². The summed E-state index contributed by atoms with van der Waals surface area (Å²) in [7, 11) is 0. The Kier molecular flexibility index (Phi) is 4.39. The molecule has 0 atom stereocenters. The average Bonchev–Trinajstić information content (AvgIpc) is 2.95. The molecule has 0 radical (unpaired) electrons. The van der Waals surface area contributed by atoms with Crippen molar-refractivity contribution in [3.63, 3.8) is 0 Å². The highest BCUT2D eigenvalue weighted by Crippen LogP contribution is 2.25. The Morgan fingerprint density at radius 3 is 2.43 bits per heavy atom. The van der Waals surface area contributed by atoms with E-state index >= 15 is 0 Å². The van der Waals surface area contributed by atoms with Crippen molar-refractivity contribution in [1.82, 2.24) is 24.8 Å². The second kappa shape index (κ2) is 6.81. The lowest BCUT2D eigenvalue weighted by Crippen LogP contribution is -2.51. The van der Waals surface area contributed by atoms with Gasteiger partial charge in [-0.25, -0.2) is 4.68 Å². The first-order valence-corrected chi connectivity index (χ1v) is 8.76. The van der Waals surface area contributed by atoms with Crippen LogP contribution in [0.15, 0.2) is 36.5 Å². The van der Waals surface area contributed by atoms with Crippen LogP contribution in [0.3, 0.4) is 0 Å². The van der Waals surface area contributed by atoms with Gasteiger partial charge in [-0.05, 0) is 18.4 Å². The zero-order chi connectivity index (χ0) is 15.5. The number of hydrogen-bond acceptors (Lipinski definition) is 4. The summed E-state index contributed by atoms with van der Waals surface area (Å²) in [5.74, 6) is 0. The molecule has 0 unspecified atom stereocenters. The Bertz CT molecular complexity index is 611. The largest absolute Gasteiger partial charge is 0.298 e. The van der Waals surface area contributed by atoms with E-state index in [0.717, 1.165) is 32.2 Å². The van der Waals surface area contributed by atoms with Crippen molar-refractivity contribution in [2.24, 2.45) is 0 Å². The number of aromatic nitrogens is 3. The summed E-state index contributed by atoms with van der Waals surface area (Å²) in [6.45, 7) is 6.51. The lowest BCUT2D eigenvalue weighted by Gasteiger charge is -2.42. The van der Waals surface area contributed by atoms with Crippen LogP contribution in [0.5, 0.6) is 0 Å². The molecule has 1 aliphatic heterocycles. The van der Waals surface area contributed by atoms with E-state index in [1.165, 1.54) is 43.6 Å². The van der Waals surface area contributed by atoms with Gasteiger partial charge in [0.15, 0.2) is 0 Å². The molecular weight excluding hydrogens is 286 g/mol. The number of rotatable bonds is 5. The first-order valence-electron chi connectivity index (χ1n) is 8.76. The van der Waals surface area contributed by atoms with E-state index in [-0.39, 0.29) is 0 Å². The second-order valence-electron chi connectivity index (χ2n) is 6.77. The van der Waals surface area contributed by atoms with Crippen LogP contribution in [-0.2, 0) is 13.1 Å². The van der Waals surface area contributed by atoms with Gasteiger partial charge in [-0.15, -0.1) is 5.10 Å². The molecule has 5 heteroatoms. The molecule has 5 nitrogen and oxygen atoms in total. The molecule has 1 saturated heterocycles. The molecule has 2 fully saturated rings. The predicted molar refractivity (Wildman–Crippen MR) is 90.1 cm³/mol. The van der Waals surface area contributed by atoms with Crippen LogP contribution >= 0.6 is 0 Å². The van der Waals surface area contributed by atoms with Gasteiger partial charge in [0.05, 0.1) is 18.4 Å². The van der Waals surface area contributed by atoms with Crippen molar-refractivity contribution in [3.8, 4) is 0 Å². The normalized spacial score (nSPS) is 20.5. The Morgan fingerprint density at radius 2 is 1.74 bits per heavy atom. The van der Waals surface area contributed by atoms with Crippen molar-refractivity contribution >= 4 is 0 Å². The Morgan fingerprint density at radius 1 is 0.957 bits per heavy atom. The van der Waals surface area contributed by atoms with E-state index in [0.29, 0.717) is 0 Å². The van der Waals surface area contributed by atoms with Gasteiger partial charge in [0.1, 0.15) is 0 Å². The van der Waals surface area contributed by atoms with Crippen molar-refractivity contribution in [2.75, 3.05) is 26.2 Å². The van der Waals surface area contributed by atoms with Gasteiger partial charge in [-0.1, -0.05) is 42.0 Å². The van der Waals surface area contributed by atoms with E-state index in [1.807, 2.05) is 16.9 Å². The molecule has 1 aromatic carbocycles. The van der Waals surface area contributed by atoms with Crippen LogP contribution in [-0.4, -0.2) is 57.0 Å². The summed E-state index contributed by atoms with van der Waals surface area (Å²) in [4.78, 5) is 5.22. The van der Waals surface area contributed by atoms with Crippen LogP contribution in [0.1, 0.15) is 30.5 Å². The fraction of sp³-hybridized carbons (Fsp3) is 0.556. The van der Waals surface area contributed by atoms with Gasteiger partial charge in [0.2, 0.25) is 0 Å². The molecule has 2 heterocycles. The first-order chi connectivity index (χ1) is 11.4. The van der Waals surface area contributed by atoms with Crippen LogP contribution in [0.2, 0.25) is 0 Å². The fourth-order valence-electron chi connectivity index (χ4n) is 3.56. The van der Waals surface area contributed by atoms with Crippen molar-refractivity contribution < 1.29 is 0 Å². The molecular formula is C18H25N5. The highest BCUT2D eigenvalue weighted by atomic mass is 15.4. The highest BCUT2D eigenvalue weighted by Gasteiger charge is 2.28. The first kappa shape index (κ1) is 14.8. The Hall–Kier alpha value is -1.72. The van der Waals surface area contributed by atoms with E-state index < -0.39 is 0 Å². The number of hydrogen-bond donors (Lipinski definition) is 0. The van der Waals surface area contributed by atoms with Gasteiger partial charge in [0.25, 0.3) is 0 Å². The smallest absolute Gasteiger partial charge is 0.0738 e. The van der Waals surface area contributed by atoms with E-state index in [4.69, 9.17) is 0 Å². The van der Waals surface area contributed by atoms with Crippen molar-refractivity contribution in [1.29, 1.82) is 0 Å². The monoisotopic (exact) mass is 311 g/mol. The Balaban J connectivity index is 1.34. The molecule has 1 saturated carbocycles. The van der Waals surface area contributed by atoms with Gasteiger partial charge < -0.3 is 0 Å². The summed E-state index contributed by atoms with van der Waals surface area (Å²) in [6, 6.07) is 11.4.